The van der Waals surface area contributed by atoms with E-state index in [0.717, 1.165) is 5.56 Å². The largest absolute Gasteiger partial charge is 0.480 e. The molecule has 0 radical (unpaired) electrons. The van der Waals surface area contributed by atoms with E-state index in [0.29, 0.717) is 12.8 Å². The van der Waals surface area contributed by atoms with E-state index in [4.69, 9.17) is 5.11 Å². The number of amides is 1. The first kappa shape index (κ1) is 11.6. The van der Waals surface area contributed by atoms with Gasteiger partial charge < -0.3 is 10.4 Å². The van der Waals surface area contributed by atoms with Crippen molar-refractivity contribution in [1.29, 1.82) is 0 Å². The maximum atomic E-state index is 11.9. The molecule has 0 spiro atoms. The van der Waals surface area contributed by atoms with Crippen LogP contribution in [-0.4, -0.2) is 17.0 Å². The molecule has 0 aromatic heterocycles. The molecule has 2 N–H and O–H groups in total. The third kappa shape index (κ3) is 2.16. The Balaban J connectivity index is 2.03. The molecular weight excluding hydrogens is 218 g/mol. The third-order valence-electron chi connectivity index (χ3n) is 3.24. The third-order valence-corrected chi connectivity index (χ3v) is 3.24. The molecule has 1 aliphatic rings. The predicted octanol–water partition coefficient (Wildman–Crippen LogP) is 1.73. The molecule has 4 heteroatoms. The standard InChI is InChI=1S/C13H15NO3/c1-9(10-5-3-2-4-6-10)14-11(15)13(7-8-13)12(16)17/h2-6,9H,7-8H2,1H3,(H,14,15)(H,16,17)/t9-/m1/s1. The fourth-order valence-electron chi connectivity index (χ4n) is 1.82. The van der Waals surface area contributed by atoms with Crippen molar-refractivity contribution in [2.45, 2.75) is 25.8 Å². The van der Waals surface area contributed by atoms with Crippen molar-refractivity contribution in [3.63, 3.8) is 0 Å². The van der Waals surface area contributed by atoms with E-state index in [1.807, 2.05) is 37.3 Å². The molecule has 2 rings (SSSR count). The van der Waals surface area contributed by atoms with Gasteiger partial charge in [-0.25, -0.2) is 0 Å². The molecule has 1 atom stereocenters. The number of hydrogen-bond donors (Lipinski definition) is 2. The van der Waals surface area contributed by atoms with E-state index in [9.17, 15) is 9.59 Å². The first-order valence-electron chi connectivity index (χ1n) is 5.65. The lowest BCUT2D eigenvalue weighted by Gasteiger charge is -2.17. The Kier molecular flexibility index (Phi) is 2.88. The van der Waals surface area contributed by atoms with Crippen molar-refractivity contribution >= 4 is 11.9 Å². The van der Waals surface area contributed by atoms with Crippen molar-refractivity contribution in [1.82, 2.24) is 5.32 Å². The molecule has 0 aliphatic heterocycles. The van der Waals surface area contributed by atoms with E-state index >= 15 is 0 Å². The van der Waals surface area contributed by atoms with Crippen LogP contribution in [0.5, 0.6) is 0 Å². The van der Waals surface area contributed by atoms with Crippen molar-refractivity contribution in [2.75, 3.05) is 0 Å². The normalized spacial score (nSPS) is 18.2. The van der Waals surface area contributed by atoms with Crippen LogP contribution >= 0.6 is 0 Å². The number of nitrogens with one attached hydrogen (secondary N) is 1. The smallest absolute Gasteiger partial charge is 0.319 e. The van der Waals surface area contributed by atoms with Gasteiger partial charge >= 0.3 is 5.97 Å². The zero-order valence-corrected chi connectivity index (χ0v) is 9.64. The highest BCUT2D eigenvalue weighted by Crippen LogP contribution is 2.46. The number of hydrogen-bond acceptors (Lipinski definition) is 2. The SMILES string of the molecule is C[C@@H](NC(=O)C1(C(=O)O)CC1)c1ccccc1. The molecule has 1 saturated carbocycles. The fraction of sp³-hybridized carbons (Fsp3) is 0.385. The summed E-state index contributed by atoms with van der Waals surface area (Å²) in [6.45, 7) is 1.85. The molecule has 1 aliphatic carbocycles. The van der Waals surface area contributed by atoms with Crippen LogP contribution in [0.2, 0.25) is 0 Å². The summed E-state index contributed by atoms with van der Waals surface area (Å²) in [5.74, 6) is -1.39. The van der Waals surface area contributed by atoms with Crippen LogP contribution in [0.15, 0.2) is 30.3 Å². The van der Waals surface area contributed by atoms with Crippen LogP contribution in [0, 0.1) is 5.41 Å². The summed E-state index contributed by atoms with van der Waals surface area (Å²) in [5.41, 5.74) is -0.190. The minimum atomic E-state index is -1.16. The van der Waals surface area contributed by atoms with Crippen molar-refractivity contribution < 1.29 is 14.7 Å². The van der Waals surface area contributed by atoms with Crippen LogP contribution in [0.3, 0.4) is 0 Å². The first-order chi connectivity index (χ1) is 8.06. The van der Waals surface area contributed by atoms with Crippen LogP contribution in [0.1, 0.15) is 31.4 Å². The van der Waals surface area contributed by atoms with E-state index in [-0.39, 0.29) is 11.9 Å². The Morgan fingerprint density at radius 2 is 1.88 bits per heavy atom. The number of benzene rings is 1. The van der Waals surface area contributed by atoms with Gasteiger partial charge in [0.15, 0.2) is 0 Å². The number of rotatable bonds is 4. The van der Waals surface area contributed by atoms with Gasteiger partial charge in [0, 0.05) is 0 Å². The minimum Gasteiger partial charge on any atom is -0.480 e. The topological polar surface area (TPSA) is 66.4 Å². The quantitative estimate of drug-likeness (QED) is 0.778. The predicted molar refractivity (Wildman–Crippen MR) is 62.3 cm³/mol. The van der Waals surface area contributed by atoms with E-state index in [1.165, 1.54) is 0 Å². The second kappa shape index (κ2) is 4.20. The number of aliphatic carboxylic acids is 1. The number of carbonyl (C=O) groups excluding carboxylic acids is 1. The fourth-order valence-corrected chi connectivity index (χ4v) is 1.82. The lowest BCUT2D eigenvalue weighted by atomic mass is 10.0. The zero-order valence-electron chi connectivity index (χ0n) is 9.64. The van der Waals surface area contributed by atoms with Gasteiger partial charge in [0.25, 0.3) is 0 Å². The summed E-state index contributed by atoms with van der Waals surface area (Å²) >= 11 is 0. The van der Waals surface area contributed by atoms with Crippen molar-refractivity contribution in [3.05, 3.63) is 35.9 Å². The number of carboxylic acids is 1. The van der Waals surface area contributed by atoms with Gasteiger partial charge in [0.1, 0.15) is 5.41 Å². The number of carboxylic acid groups (broad SMARTS) is 1. The Bertz CT molecular complexity index is 437. The molecule has 0 heterocycles. The Hall–Kier alpha value is -1.84. The molecular formula is C13H15NO3. The summed E-state index contributed by atoms with van der Waals surface area (Å²) in [4.78, 5) is 22.8. The summed E-state index contributed by atoms with van der Waals surface area (Å²) in [7, 11) is 0. The maximum absolute atomic E-state index is 11.9. The van der Waals surface area contributed by atoms with Gasteiger partial charge in [-0.1, -0.05) is 30.3 Å². The number of carbonyl (C=O) groups is 2. The highest BCUT2D eigenvalue weighted by atomic mass is 16.4. The van der Waals surface area contributed by atoms with Crippen molar-refractivity contribution in [2.24, 2.45) is 5.41 Å². The second-order valence-corrected chi connectivity index (χ2v) is 4.49. The second-order valence-electron chi connectivity index (χ2n) is 4.49. The van der Waals surface area contributed by atoms with Gasteiger partial charge in [-0.15, -0.1) is 0 Å². The molecule has 90 valence electrons. The average Bonchev–Trinajstić information content (AvgIpc) is 3.11. The molecule has 0 bridgehead atoms. The lowest BCUT2D eigenvalue weighted by molar-refractivity contribution is -0.149. The zero-order chi connectivity index (χ0) is 12.5. The van der Waals surface area contributed by atoms with Crippen LogP contribution in [-0.2, 0) is 9.59 Å². The highest BCUT2D eigenvalue weighted by Gasteiger charge is 2.57. The van der Waals surface area contributed by atoms with Crippen LogP contribution < -0.4 is 5.32 Å². The average molecular weight is 233 g/mol. The molecule has 4 nitrogen and oxygen atoms in total. The molecule has 1 amide bonds. The van der Waals surface area contributed by atoms with Crippen molar-refractivity contribution in [3.8, 4) is 0 Å². The molecule has 1 aromatic carbocycles. The van der Waals surface area contributed by atoms with Gasteiger partial charge in [0.2, 0.25) is 5.91 Å². The molecule has 1 fully saturated rings. The summed E-state index contributed by atoms with van der Waals surface area (Å²) < 4.78 is 0. The van der Waals surface area contributed by atoms with Gasteiger partial charge in [-0.3, -0.25) is 9.59 Å². The maximum Gasteiger partial charge on any atom is 0.319 e. The Morgan fingerprint density at radius 1 is 1.29 bits per heavy atom. The first-order valence-corrected chi connectivity index (χ1v) is 5.65. The Morgan fingerprint density at radius 3 is 2.35 bits per heavy atom. The van der Waals surface area contributed by atoms with E-state index in [2.05, 4.69) is 5.32 Å². The van der Waals surface area contributed by atoms with Crippen LogP contribution in [0.4, 0.5) is 0 Å². The molecule has 0 saturated heterocycles. The van der Waals surface area contributed by atoms with Crippen LogP contribution in [0.25, 0.3) is 0 Å². The lowest BCUT2D eigenvalue weighted by Crippen LogP contribution is -2.38. The summed E-state index contributed by atoms with van der Waals surface area (Å²) in [6.07, 6.45) is 0.880. The minimum absolute atomic E-state index is 0.166. The molecule has 17 heavy (non-hydrogen) atoms. The molecule has 0 unspecified atom stereocenters. The van der Waals surface area contributed by atoms with Gasteiger partial charge in [0.05, 0.1) is 6.04 Å². The van der Waals surface area contributed by atoms with E-state index < -0.39 is 11.4 Å². The van der Waals surface area contributed by atoms with Gasteiger partial charge in [-0.05, 0) is 25.3 Å². The summed E-state index contributed by atoms with van der Waals surface area (Å²) in [6, 6.07) is 9.33. The monoisotopic (exact) mass is 233 g/mol. The molecule has 1 aromatic rings. The summed E-state index contributed by atoms with van der Waals surface area (Å²) in [5, 5.41) is 11.8. The van der Waals surface area contributed by atoms with E-state index in [1.54, 1.807) is 0 Å². The Labute approximate surface area is 99.6 Å². The highest BCUT2D eigenvalue weighted by molar-refractivity contribution is 6.04. The van der Waals surface area contributed by atoms with Gasteiger partial charge in [-0.2, -0.15) is 0 Å².